The zero-order valence-corrected chi connectivity index (χ0v) is 8.71. The smallest absolute Gasteiger partial charge is 0.431 e. The summed E-state index contributed by atoms with van der Waals surface area (Å²) in [6, 6.07) is 1.35. The van der Waals surface area contributed by atoms with E-state index in [-0.39, 0.29) is 6.54 Å². The minimum atomic E-state index is -4.63. The molecule has 1 heterocycles. The molecule has 0 aromatic carbocycles. The van der Waals surface area contributed by atoms with Crippen LogP contribution in [0.2, 0.25) is 0 Å². The van der Waals surface area contributed by atoms with Gasteiger partial charge in [-0.2, -0.15) is 13.2 Å². The number of nitrogens with zero attached hydrogens (tertiary/aromatic N) is 1. The van der Waals surface area contributed by atoms with E-state index >= 15 is 0 Å². The predicted octanol–water partition coefficient (Wildman–Crippen LogP) is 2.37. The maximum absolute atomic E-state index is 12.6. The highest BCUT2D eigenvalue weighted by Gasteiger charge is 2.34. The molecule has 1 aromatic heterocycles. The fourth-order valence-electron chi connectivity index (χ4n) is 1.36. The molecule has 0 aliphatic carbocycles. The molecule has 0 unspecified atom stereocenters. The number of hydrogen-bond donors (Lipinski definition) is 1. The lowest BCUT2D eigenvalue weighted by Crippen LogP contribution is -2.27. The van der Waals surface area contributed by atoms with Crippen LogP contribution in [0.15, 0.2) is 16.9 Å². The van der Waals surface area contributed by atoms with Gasteiger partial charge in [-0.15, -0.1) is 0 Å². The predicted molar refractivity (Wildman–Crippen MR) is 52.3 cm³/mol. The van der Waals surface area contributed by atoms with Gasteiger partial charge in [0.05, 0.1) is 0 Å². The molecular weight excluding hydrogens is 223 g/mol. The molecule has 1 rings (SSSR count). The first-order chi connectivity index (χ1) is 7.36. The van der Waals surface area contributed by atoms with Gasteiger partial charge in [-0.25, -0.2) is 0 Å². The van der Waals surface area contributed by atoms with E-state index in [2.05, 4.69) is 0 Å². The molecule has 0 saturated heterocycles. The standard InChI is InChI=1S/C10H12F3NO2/c1-2-3-4-14-8(10(11,12)13)5-7(15)6-9(14)16/h5-6,15H,2-4H2,1H3. The highest BCUT2D eigenvalue weighted by atomic mass is 19.4. The molecule has 0 fully saturated rings. The fourth-order valence-corrected chi connectivity index (χ4v) is 1.36. The average molecular weight is 235 g/mol. The van der Waals surface area contributed by atoms with Crippen LogP contribution in [0.5, 0.6) is 5.75 Å². The zero-order chi connectivity index (χ0) is 12.3. The van der Waals surface area contributed by atoms with Crippen LogP contribution in [0.1, 0.15) is 25.5 Å². The van der Waals surface area contributed by atoms with E-state index in [1.54, 1.807) is 0 Å². The fraction of sp³-hybridized carbons (Fsp3) is 0.500. The number of alkyl halides is 3. The van der Waals surface area contributed by atoms with Crippen LogP contribution >= 0.6 is 0 Å². The number of aromatic hydroxyl groups is 1. The summed E-state index contributed by atoms with van der Waals surface area (Å²) in [6.45, 7) is 1.82. The van der Waals surface area contributed by atoms with Gasteiger partial charge < -0.3 is 9.67 Å². The van der Waals surface area contributed by atoms with Crippen molar-refractivity contribution in [3.05, 3.63) is 28.2 Å². The molecule has 0 aliphatic rings. The van der Waals surface area contributed by atoms with Gasteiger partial charge in [-0.1, -0.05) is 13.3 Å². The van der Waals surface area contributed by atoms with Crippen molar-refractivity contribution in [3.63, 3.8) is 0 Å². The molecule has 0 spiro atoms. The van der Waals surface area contributed by atoms with Crippen LogP contribution in [0.25, 0.3) is 0 Å². The molecule has 90 valence electrons. The van der Waals surface area contributed by atoms with Gasteiger partial charge in [0.25, 0.3) is 5.56 Å². The van der Waals surface area contributed by atoms with Crippen molar-refractivity contribution < 1.29 is 18.3 Å². The molecule has 0 bridgehead atoms. The van der Waals surface area contributed by atoms with E-state index in [0.29, 0.717) is 23.5 Å². The number of hydrogen-bond acceptors (Lipinski definition) is 2. The Morgan fingerprint density at radius 3 is 2.50 bits per heavy atom. The van der Waals surface area contributed by atoms with Crippen molar-refractivity contribution in [1.82, 2.24) is 4.57 Å². The molecule has 0 radical (unpaired) electrons. The van der Waals surface area contributed by atoms with Gasteiger partial charge in [0, 0.05) is 18.7 Å². The quantitative estimate of drug-likeness (QED) is 0.873. The van der Waals surface area contributed by atoms with E-state index in [0.717, 1.165) is 6.07 Å². The average Bonchev–Trinajstić information content (AvgIpc) is 2.14. The van der Waals surface area contributed by atoms with E-state index in [1.807, 2.05) is 6.92 Å². The van der Waals surface area contributed by atoms with E-state index in [1.165, 1.54) is 0 Å². The maximum Gasteiger partial charge on any atom is 0.431 e. The van der Waals surface area contributed by atoms with E-state index in [4.69, 9.17) is 5.11 Å². The normalized spacial score (nSPS) is 11.8. The number of rotatable bonds is 3. The molecule has 1 aromatic rings. The van der Waals surface area contributed by atoms with E-state index < -0.39 is 23.2 Å². The van der Waals surface area contributed by atoms with Gasteiger partial charge in [0.1, 0.15) is 11.4 Å². The minimum absolute atomic E-state index is 0.00442. The first kappa shape index (κ1) is 12.6. The summed E-state index contributed by atoms with van der Waals surface area (Å²) in [5.41, 5.74) is -1.94. The van der Waals surface area contributed by atoms with Crippen molar-refractivity contribution in [2.45, 2.75) is 32.5 Å². The summed E-state index contributed by atoms with van der Waals surface area (Å²) in [5.74, 6) is -0.662. The van der Waals surface area contributed by atoms with Crippen LogP contribution in [-0.2, 0) is 12.7 Å². The highest BCUT2D eigenvalue weighted by molar-refractivity contribution is 5.24. The van der Waals surface area contributed by atoms with Crippen LogP contribution in [0.3, 0.4) is 0 Å². The second kappa shape index (κ2) is 4.59. The zero-order valence-electron chi connectivity index (χ0n) is 8.71. The Bertz CT molecular complexity index is 423. The lowest BCUT2D eigenvalue weighted by atomic mass is 10.2. The molecule has 0 amide bonds. The first-order valence-corrected chi connectivity index (χ1v) is 4.87. The number of unbranched alkanes of at least 4 members (excludes halogenated alkanes) is 1. The van der Waals surface area contributed by atoms with Gasteiger partial charge in [-0.3, -0.25) is 4.79 Å². The van der Waals surface area contributed by atoms with Crippen LogP contribution in [0, 0.1) is 0 Å². The Balaban J connectivity index is 3.27. The first-order valence-electron chi connectivity index (χ1n) is 4.87. The third-order valence-corrected chi connectivity index (χ3v) is 2.14. The Morgan fingerprint density at radius 1 is 1.38 bits per heavy atom. The van der Waals surface area contributed by atoms with Crippen molar-refractivity contribution in [2.24, 2.45) is 0 Å². The molecule has 0 saturated carbocycles. The maximum atomic E-state index is 12.6. The topological polar surface area (TPSA) is 42.2 Å². The monoisotopic (exact) mass is 235 g/mol. The largest absolute Gasteiger partial charge is 0.508 e. The lowest BCUT2D eigenvalue weighted by Gasteiger charge is -2.14. The third-order valence-electron chi connectivity index (χ3n) is 2.14. The molecule has 0 aliphatic heterocycles. The van der Waals surface area contributed by atoms with Crippen LogP contribution in [0.4, 0.5) is 13.2 Å². The van der Waals surface area contributed by atoms with E-state index in [9.17, 15) is 18.0 Å². The Hall–Kier alpha value is -1.46. The van der Waals surface area contributed by atoms with Crippen molar-refractivity contribution in [1.29, 1.82) is 0 Å². The summed E-state index contributed by atoms with van der Waals surface area (Å²) in [4.78, 5) is 11.3. The lowest BCUT2D eigenvalue weighted by molar-refractivity contribution is -0.144. The van der Waals surface area contributed by atoms with Crippen molar-refractivity contribution in [2.75, 3.05) is 0 Å². The summed E-state index contributed by atoms with van der Waals surface area (Å²) in [5, 5.41) is 8.99. The second-order valence-corrected chi connectivity index (χ2v) is 3.44. The van der Waals surface area contributed by atoms with Crippen LogP contribution in [-0.4, -0.2) is 9.67 Å². The molecule has 0 atom stereocenters. The van der Waals surface area contributed by atoms with Crippen molar-refractivity contribution >= 4 is 0 Å². The Morgan fingerprint density at radius 2 is 2.00 bits per heavy atom. The molecule has 3 nitrogen and oxygen atoms in total. The molecule has 16 heavy (non-hydrogen) atoms. The second-order valence-electron chi connectivity index (χ2n) is 3.44. The number of pyridine rings is 1. The molecular formula is C10H12F3NO2. The summed E-state index contributed by atoms with van der Waals surface area (Å²) in [7, 11) is 0. The third kappa shape index (κ3) is 2.77. The Labute approximate surface area is 90.1 Å². The van der Waals surface area contributed by atoms with Crippen LogP contribution < -0.4 is 5.56 Å². The van der Waals surface area contributed by atoms with Gasteiger partial charge in [0.15, 0.2) is 0 Å². The molecule has 1 N–H and O–H groups in total. The molecule has 6 heteroatoms. The summed E-state index contributed by atoms with van der Waals surface area (Å²) in [6.07, 6.45) is -3.47. The SMILES string of the molecule is CCCCn1c(C(F)(F)F)cc(O)cc1=O. The summed E-state index contributed by atoms with van der Waals surface area (Å²) >= 11 is 0. The Kier molecular flexibility index (Phi) is 3.62. The number of aromatic nitrogens is 1. The number of halogens is 3. The van der Waals surface area contributed by atoms with Gasteiger partial charge in [-0.05, 0) is 6.42 Å². The minimum Gasteiger partial charge on any atom is -0.508 e. The highest BCUT2D eigenvalue weighted by Crippen LogP contribution is 2.30. The van der Waals surface area contributed by atoms with Crippen molar-refractivity contribution in [3.8, 4) is 5.75 Å². The van der Waals surface area contributed by atoms with Gasteiger partial charge in [0.2, 0.25) is 0 Å². The van der Waals surface area contributed by atoms with Gasteiger partial charge >= 0.3 is 6.18 Å². The summed E-state index contributed by atoms with van der Waals surface area (Å²) < 4.78 is 38.3.